The Bertz CT molecular complexity index is 1470. The number of hydrogen-bond donors (Lipinski definition) is 1. The van der Waals surface area contributed by atoms with E-state index in [4.69, 9.17) is 0 Å². The van der Waals surface area contributed by atoms with Gasteiger partial charge in [0.1, 0.15) is 5.75 Å². The summed E-state index contributed by atoms with van der Waals surface area (Å²) in [7, 11) is 0. The number of carbonyl (C=O) groups excluding carboxylic acids is 2. The Morgan fingerprint density at radius 2 is 1.67 bits per heavy atom. The number of piperidine rings is 1. The molecule has 5 aliphatic rings. The lowest BCUT2D eigenvalue weighted by Gasteiger charge is -2.66. The Morgan fingerprint density at radius 1 is 0.923 bits per heavy atom. The smallest absolute Gasteiger partial charge is 0.254 e. The maximum atomic E-state index is 13.7. The molecule has 198 valence electrons. The quantitative estimate of drug-likeness (QED) is 0.489. The van der Waals surface area contributed by atoms with Crippen molar-refractivity contribution in [1.29, 1.82) is 0 Å². The average molecular weight is 519 g/mol. The molecule has 0 spiro atoms. The summed E-state index contributed by atoms with van der Waals surface area (Å²) in [5.74, 6) is 1.55. The molecule has 1 amide bonds. The SMILES string of the molecule is O=C(CN1CCC23c4cc(O)ccc4CC1C21CCC2C3[C@@H](CN2C(=O)c2ccccc2)C1)c1ccccc1. The van der Waals surface area contributed by atoms with Crippen LogP contribution in [0.15, 0.2) is 78.9 Å². The number of rotatable bonds is 4. The van der Waals surface area contributed by atoms with Crippen LogP contribution in [0.4, 0.5) is 0 Å². The summed E-state index contributed by atoms with van der Waals surface area (Å²) in [6.07, 6.45) is 5.09. The first-order valence-corrected chi connectivity index (χ1v) is 14.5. The average Bonchev–Trinajstić information content (AvgIpc) is 3.42. The highest BCUT2D eigenvalue weighted by atomic mass is 16.3. The highest BCUT2D eigenvalue weighted by Gasteiger charge is 2.76. The van der Waals surface area contributed by atoms with Gasteiger partial charge < -0.3 is 10.0 Å². The summed E-state index contributed by atoms with van der Waals surface area (Å²) in [6.45, 7) is 2.15. The van der Waals surface area contributed by atoms with Gasteiger partial charge in [0.05, 0.1) is 6.54 Å². The van der Waals surface area contributed by atoms with E-state index in [1.54, 1.807) is 0 Å². The number of carbonyl (C=O) groups is 2. The zero-order chi connectivity index (χ0) is 26.4. The molecule has 5 heteroatoms. The van der Waals surface area contributed by atoms with Crippen molar-refractivity contribution in [2.45, 2.75) is 49.6 Å². The van der Waals surface area contributed by atoms with Gasteiger partial charge in [-0.25, -0.2) is 0 Å². The maximum absolute atomic E-state index is 13.7. The third-order valence-corrected chi connectivity index (χ3v) is 11.3. The molecule has 6 atom stereocenters. The molecule has 4 fully saturated rings. The van der Waals surface area contributed by atoms with Gasteiger partial charge in [-0.15, -0.1) is 0 Å². The standard InChI is InChI=1S/C34H34N2O3/c37-26-12-11-24-17-30-33-14-13-28-31(25(19-33)20-36(28)32(39)23-9-5-2-6-10-23)34(33,27(24)18-26)15-16-35(30)21-29(38)22-7-3-1-4-8-22/h1-12,18,25,28,30-31,37H,13-17,19-21H2/t25-,28?,30?,31?,33?,34?/m1/s1. The molecule has 0 radical (unpaired) electrons. The van der Waals surface area contributed by atoms with E-state index < -0.39 is 0 Å². The number of phenolic OH excluding ortho intramolecular Hbond substituents is 1. The molecule has 3 aliphatic carbocycles. The number of fused-ring (bicyclic) bond motifs is 1. The predicted octanol–water partition coefficient (Wildman–Crippen LogP) is 5.08. The molecule has 2 saturated heterocycles. The summed E-state index contributed by atoms with van der Waals surface area (Å²) >= 11 is 0. The first kappa shape index (κ1) is 23.4. The minimum Gasteiger partial charge on any atom is -0.508 e. The molecular formula is C34H34N2O3. The lowest BCUT2D eigenvalue weighted by molar-refractivity contribution is -0.0977. The number of aromatic hydroxyl groups is 1. The highest BCUT2D eigenvalue weighted by molar-refractivity contribution is 5.97. The van der Waals surface area contributed by atoms with E-state index in [-0.39, 0.29) is 28.6 Å². The molecule has 2 heterocycles. The van der Waals surface area contributed by atoms with Crippen LogP contribution in [0.3, 0.4) is 0 Å². The number of amides is 1. The second-order valence-corrected chi connectivity index (χ2v) is 12.6. The number of ketones is 1. The molecule has 2 aliphatic heterocycles. The molecule has 3 aromatic carbocycles. The molecule has 1 N–H and O–H groups in total. The van der Waals surface area contributed by atoms with Gasteiger partial charge in [0, 0.05) is 35.2 Å². The lowest BCUT2D eigenvalue weighted by Crippen LogP contribution is -2.70. The van der Waals surface area contributed by atoms with Crippen LogP contribution >= 0.6 is 0 Å². The van der Waals surface area contributed by atoms with Crippen LogP contribution in [0.25, 0.3) is 0 Å². The monoisotopic (exact) mass is 518 g/mol. The first-order chi connectivity index (χ1) is 19.0. The second kappa shape index (κ2) is 8.28. The molecule has 3 aromatic rings. The number of phenols is 1. The number of nitrogens with zero attached hydrogens (tertiary/aromatic N) is 2. The molecule has 39 heavy (non-hydrogen) atoms. The number of hydrogen-bond acceptors (Lipinski definition) is 4. The van der Waals surface area contributed by atoms with Crippen LogP contribution in [-0.4, -0.2) is 58.3 Å². The third-order valence-electron chi connectivity index (χ3n) is 11.3. The van der Waals surface area contributed by atoms with E-state index in [2.05, 4.69) is 21.9 Å². The van der Waals surface area contributed by atoms with Crippen LogP contribution in [0.5, 0.6) is 5.75 Å². The minimum absolute atomic E-state index is 0.0599. The Morgan fingerprint density at radius 3 is 2.44 bits per heavy atom. The fourth-order valence-corrected chi connectivity index (χ4v) is 10.2. The fourth-order valence-electron chi connectivity index (χ4n) is 10.2. The molecule has 5 nitrogen and oxygen atoms in total. The van der Waals surface area contributed by atoms with E-state index in [1.807, 2.05) is 66.7 Å². The van der Waals surface area contributed by atoms with E-state index >= 15 is 0 Å². The van der Waals surface area contributed by atoms with Gasteiger partial charge in [0.15, 0.2) is 5.78 Å². The molecule has 0 aromatic heterocycles. The molecule has 4 bridgehead atoms. The van der Waals surface area contributed by atoms with Crippen LogP contribution in [0.2, 0.25) is 0 Å². The van der Waals surface area contributed by atoms with E-state index in [1.165, 1.54) is 11.1 Å². The summed E-state index contributed by atoms with van der Waals surface area (Å²) < 4.78 is 0. The van der Waals surface area contributed by atoms with Gasteiger partial charge in [-0.1, -0.05) is 54.6 Å². The van der Waals surface area contributed by atoms with Gasteiger partial charge in [-0.3, -0.25) is 14.5 Å². The zero-order valence-electron chi connectivity index (χ0n) is 22.1. The van der Waals surface area contributed by atoms with E-state index in [0.717, 1.165) is 56.3 Å². The van der Waals surface area contributed by atoms with Crippen molar-refractivity contribution in [3.63, 3.8) is 0 Å². The van der Waals surface area contributed by atoms with Crippen molar-refractivity contribution in [2.75, 3.05) is 19.6 Å². The Kier molecular flexibility index (Phi) is 4.98. The van der Waals surface area contributed by atoms with Gasteiger partial charge in [-0.2, -0.15) is 0 Å². The second-order valence-electron chi connectivity index (χ2n) is 12.6. The lowest BCUT2D eigenvalue weighted by atomic mass is 9.43. The van der Waals surface area contributed by atoms with Crippen molar-refractivity contribution in [3.8, 4) is 5.75 Å². The molecule has 8 rings (SSSR count). The van der Waals surface area contributed by atoms with Crippen molar-refractivity contribution >= 4 is 11.7 Å². The van der Waals surface area contributed by atoms with Gasteiger partial charge in [-0.05, 0) is 91.3 Å². The van der Waals surface area contributed by atoms with Crippen molar-refractivity contribution < 1.29 is 14.7 Å². The fraction of sp³-hybridized carbons (Fsp3) is 0.412. The van der Waals surface area contributed by atoms with Crippen molar-refractivity contribution in [2.24, 2.45) is 17.3 Å². The van der Waals surface area contributed by atoms with Crippen LogP contribution in [0.1, 0.15) is 57.5 Å². The summed E-state index contributed by atoms with van der Waals surface area (Å²) in [5, 5.41) is 10.7. The topological polar surface area (TPSA) is 60.9 Å². The van der Waals surface area contributed by atoms with E-state index in [9.17, 15) is 14.7 Å². The molecule has 5 unspecified atom stereocenters. The van der Waals surface area contributed by atoms with E-state index in [0.29, 0.717) is 30.2 Å². The summed E-state index contributed by atoms with van der Waals surface area (Å²) in [5.41, 5.74) is 4.24. The third kappa shape index (κ3) is 3.05. The molecular weight excluding hydrogens is 484 g/mol. The van der Waals surface area contributed by atoms with Crippen LogP contribution in [0, 0.1) is 17.3 Å². The number of likely N-dealkylation sites (tertiary alicyclic amines) is 2. The molecule has 2 saturated carbocycles. The van der Waals surface area contributed by atoms with Gasteiger partial charge in [0.25, 0.3) is 5.91 Å². The van der Waals surface area contributed by atoms with Crippen LogP contribution in [-0.2, 0) is 11.8 Å². The van der Waals surface area contributed by atoms with Gasteiger partial charge >= 0.3 is 0 Å². The Labute approximate surface area is 229 Å². The Hall–Kier alpha value is -3.44. The van der Waals surface area contributed by atoms with Crippen molar-refractivity contribution in [1.82, 2.24) is 9.80 Å². The summed E-state index contributed by atoms with van der Waals surface area (Å²) in [4.78, 5) is 31.8. The maximum Gasteiger partial charge on any atom is 0.254 e. The largest absolute Gasteiger partial charge is 0.508 e. The first-order valence-electron chi connectivity index (χ1n) is 14.5. The number of benzene rings is 3. The summed E-state index contributed by atoms with van der Waals surface area (Å²) in [6, 6.07) is 26.0. The van der Waals surface area contributed by atoms with Crippen LogP contribution < -0.4 is 0 Å². The van der Waals surface area contributed by atoms with Gasteiger partial charge in [0.2, 0.25) is 0 Å². The van der Waals surface area contributed by atoms with Crippen molar-refractivity contribution in [3.05, 3.63) is 101 Å². The highest BCUT2D eigenvalue weighted by Crippen LogP contribution is 2.75. The predicted molar refractivity (Wildman–Crippen MR) is 149 cm³/mol. The number of Topliss-reactive ketones (excluding diaryl/α,β-unsaturated/α-hetero) is 1. The zero-order valence-corrected chi connectivity index (χ0v) is 22.1. The minimum atomic E-state index is -0.0599. The Balaban J connectivity index is 1.20. The normalized spacial score (nSPS) is 33.9.